The van der Waals surface area contributed by atoms with Crippen LogP contribution in [-0.4, -0.2) is 43.5 Å². The molecule has 0 aromatic rings. The first kappa shape index (κ1) is 21.1. The molecule has 0 bridgehead atoms. The van der Waals surface area contributed by atoms with Crippen LogP contribution in [0.4, 0.5) is 35.1 Å². The second kappa shape index (κ2) is 5.60. The van der Waals surface area contributed by atoms with Crippen molar-refractivity contribution in [1.82, 2.24) is 0 Å². The van der Waals surface area contributed by atoms with Gasteiger partial charge in [0.1, 0.15) is 5.75 Å². The second-order valence-electron chi connectivity index (χ2n) is 5.45. The third-order valence-electron chi connectivity index (χ3n) is 2.61. The maximum Gasteiger partial charge on any atom is 0.414 e. The van der Waals surface area contributed by atoms with E-state index in [-0.39, 0.29) is 0 Å². The highest BCUT2D eigenvalue weighted by Gasteiger charge is 2.80. The molecule has 0 aliphatic heterocycles. The van der Waals surface area contributed by atoms with E-state index >= 15 is 0 Å². The number of hydrogen-bond acceptors (Lipinski definition) is 3. The number of hydrogen-bond donors (Lipinski definition) is 0. The van der Waals surface area contributed by atoms with Gasteiger partial charge in [0.05, 0.1) is 0 Å². The minimum Gasteiger partial charge on any atom is -0.298 e. The van der Waals surface area contributed by atoms with Crippen LogP contribution in [0.1, 0.15) is 20.8 Å². The third-order valence-corrected chi connectivity index (χ3v) is 4.29. The van der Waals surface area contributed by atoms with Crippen LogP contribution >= 0.6 is 0 Å². The molecule has 0 rings (SSSR count). The molecule has 0 fully saturated rings. The van der Waals surface area contributed by atoms with Gasteiger partial charge in [-0.3, -0.25) is 4.79 Å². The molecule has 0 heterocycles. The van der Waals surface area contributed by atoms with Crippen molar-refractivity contribution in [1.29, 1.82) is 0 Å². The molecule has 0 aromatic heterocycles. The van der Waals surface area contributed by atoms with Crippen LogP contribution in [0.3, 0.4) is 0 Å². The summed E-state index contributed by atoms with van der Waals surface area (Å²) in [5.41, 5.74) is -1.55. The van der Waals surface area contributed by atoms with Gasteiger partial charge in [-0.15, -0.1) is 0 Å². The van der Waals surface area contributed by atoms with Crippen LogP contribution in [0.15, 0.2) is 0 Å². The van der Waals surface area contributed by atoms with Gasteiger partial charge < -0.3 is 0 Å². The standard InChI is InChI=1S/C10H12F8O3S/c1-7(2,3)5(19)4-22(20,21)10(17,18)9(15,16)8(13,14)6(11)12/h6H,4H2,1-3H3. The first-order valence-corrected chi connectivity index (χ1v) is 7.15. The molecule has 0 atom stereocenters. The zero-order chi connectivity index (χ0) is 18.4. The van der Waals surface area contributed by atoms with Gasteiger partial charge in [-0.05, 0) is 0 Å². The van der Waals surface area contributed by atoms with E-state index < -0.39 is 50.3 Å². The molecule has 0 radical (unpaired) electrons. The molecule has 0 amide bonds. The summed E-state index contributed by atoms with van der Waals surface area (Å²) in [7, 11) is -6.46. The largest absolute Gasteiger partial charge is 0.414 e. The van der Waals surface area contributed by atoms with E-state index in [9.17, 15) is 48.3 Å². The fraction of sp³-hybridized carbons (Fsp3) is 0.900. The van der Waals surface area contributed by atoms with Gasteiger partial charge in [-0.25, -0.2) is 17.2 Å². The smallest absolute Gasteiger partial charge is 0.298 e. The Morgan fingerprint density at radius 2 is 1.32 bits per heavy atom. The van der Waals surface area contributed by atoms with Crippen LogP contribution < -0.4 is 0 Å². The van der Waals surface area contributed by atoms with Crippen LogP contribution in [0.2, 0.25) is 0 Å². The van der Waals surface area contributed by atoms with Crippen molar-refractivity contribution in [2.45, 2.75) is 44.3 Å². The van der Waals surface area contributed by atoms with Crippen LogP contribution in [0, 0.1) is 5.41 Å². The quantitative estimate of drug-likeness (QED) is 0.681. The minimum atomic E-state index is -6.90. The lowest BCUT2D eigenvalue weighted by Gasteiger charge is -2.32. The number of carbonyl (C=O) groups is 1. The molecule has 0 aromatic carbocycles. The molecule has 12 heteroatoms. The molecule has 132 valence electrons. The van der Waals surface area contributed by atoms with Gasteiger partial charge in [0.2, 0.25) is 9.84 Å². The van der Waals surface area contributed by atoms with E-state index in [1.807, 2.05) is 0 Å². The molecule has 0 unspecified atom stereocenters. The number of ketones is 1. The lowest BCUT2D eigenvalue weighted by Crippen LogP contribution is -2.61. The van der Waals surface area contributed by atoms with Gasteiger partial charge in [0.25, 0.3) is 0 Å². The molecule has 3 nitrogen and oxygen atoms in total. The lowest BCUT2D eigenvalue weighted by molar-refractivity contribution is -0.314. The Morgan fingerprint density at radius 3 is 1.59 bits per heavy atom. The minimum absolute atomic E-state index is 1.06. The fourth-order valence-electron chi connectivity index (χ4n) is 1.01. The Balaban J connectivity index is 5.87. The number of halogens is 8. The number of alkyl halides is 8. The van der Waals surface area contributed by atoms with Crippen molar-refractivity contribution in [3.63, 3.8) is 0 Å². The van der Waals surface area contributed by atoms with Gasteiger partial charge in [-0.2, -0.15) is 26.3 Å². The summed E-state index contributed by atoms with van der Waals surface area (Å²) in [6, 6.07) is 0. The predicted octanol–water partition coefficient (Wildman–Crippen LogP) is 3.14. The van der Waals surface area contributed by atoms with Crippen molar-refractivity contribution in [2.24, 2.45) is 5.41 Å². The van der Waals surface area contributed by atoms with Gasteiger partial charge >= 0.3 is 23.5 Å². The molecule has 0 aliphatic carbocycles. The summed E-state index contributed by atoms with van der Waals surface area (Å²) in [5, 5.41) is -6.55. The van der Waals surface area contributed by atoms with Crippen molar-refractivity contribution in [3.8, 4) is 0 Å². The highest BCUT2D eigenvalue weighted by Crippen LogP contribution is 2.51. The van der Waals surface area contributed by atoms with Crippen LogP contribution in [0.25, 0.3) is 0 Å². The summed E-state index contributed by atoms with van der Waals surface area (Å²) >= 11 is 0. The predicted molar refractivity (Wildman–Crippen MR) is 59.1 cm³/mol. The van der Waals surface area contributed by atoms with Gasteiger partial charge in [0.15, 0.2) is 5.78 Å². The number of sulfone groups is 1. The van der Waals surface area contributed by atoms with Crippen LogP contribution in [-0.2, 0) is 14.6 Å². The van der Waals surface area contributed by atoms with E-state index in [4.69, 9.17) is 0 Å². The SMILES string of the molecule is CC(C)(C)C(=O)CS(=O)(=O)C(F)(F)C(F)(F)C(F)(F)C(F)F. The maximum absolute atomic E-state index is 13.3. The second-order valence-corrected chi connectivity index (χ2v) is 7.48. The van der Waals surface area contributed by atoms with Crippen molar-refractivity contribution in [3.05, 3.63) is 0 Å². The summed E-state index contributed by atoms with van der Waals surface area (Å²) in [4.78, 5) is 11.3. The molecule has 0 saturated carbocycles. The van der Waals surface area contributed by atoms with Crippen LogP contribution in [0.5, 0.6) is 0 Å². The van der Waals surface area contributed by atoms with E-state index in [0.717, 1.165) is 20.8 Å². The highest BCUT2D eigenvalue weighted by molar-refractivity contribution is 7.93. The molecule has 22 heavy (non-hydrogen) atoms. The average molecular weight is 364 g/mol. The molecule has 0 spiro atoms. The Bertz CT molecular complexity index is 533. The summed E-state index contributed by atoms with van der Waals surface area (Å²) in [6.45, 7) is 3.19. The first-order valence-electron chi connectivity index (χ1n) is 5.49. The third kappa shape index (κ3) is 3.35. The Morgan fingerprint density at radius 1 is 0.955 bits per heavy atom. The van der Waals surface area contributed by atoms with E-state index in [1.165, 1.54) is 0 Å². The van der Waals surface area contributed by atoms with Gasteiger partial charge in [-0.1, -0.05) is 20.8 Å². The zero-order valence-electron chi connectivity index (χ0n) is 11.4. The monoisotopic (exact) mass is 364 g/mol. The topological polar surface area (TPSA) is 51.2 Å². The summed E-state index contributed by atoms with van der Waals surface area (Å²) < 4.78 is 124. The maximum atomic E-state index is 13.3. The Kier molecular flexibility index (Phi) is 5.36. The molecule has 0 aliphatic rings. The Hall–Kier alpha value is -0.940. The molecular weight excluding hydrogens is 352 g/mol. The van der Waals surface area contributed by atoms with Crippen molar-refractivity contribution >= 4 is 15.6 Å². The van der Waals surface area contributed by atoms with E-state index in [0.29, 0.717) is 0 Å². The number of Topliss-reactive ketones (excluding diaryl/α,β-unsaturated/α-hetero) is 1. The molecule has 0 saturated heterocycles. The highest BCUT2D eigenvalue weighted by atomic mass is 32.2. The van der Waals surface area contributed by atoms with E-state index in [1.54, 1.807) is 0 Å². The molecule has 0 N–H and O–H groups in total. The lowest BCUT2D eigenvalue weighted by atomic mass is 9.92. The first-order chi connectivity index (χ1) is 9.32. The fourth-order valence-corrected chi connectivity index (χ4v) is 2.49. The number of carbonyl (C=O) groups excluding carboxylic acids is 1. The Labute approximate surface area is 120 Å². The van der Waals surface area contributed by atoms with Gasteiger partial charge in [0, 0.05) is 5.41 Å². The van der Waals surface area contributed by atoms with Crippen molar-refractivity contribution < 1.29 is 48.3 Å². The van der Waals surface area contributed by atoms with Crippen molar-refractivity contribution in [2.75, 3.05) is 5.75 Å². The molecular formula is C10H12F8O3S. The summed E-state index contributed by atoms with van der Waals surface area (Å²) in [5.74, 6) is -17.2. The average Bonchev–Trinajstić information content (AvgIpc) is 2.25. The summed E-state index contributed by atoms with van der Waals surface area (Å²) in [6.07, 6.45) is -5.23. The van der Waals surface area contributed by atoms with E-state index in [2.05, 4.69) is 0 Å². The normalized spacial score (nSPS) is 15.3. The zero-order valence-corrected chi connectivity index (χ0v) is 12.3. The number of rotatable bonds is 6.